The first-order valence-electron chi connectivity index (χ1n) is 10.4. The summed E-state index contributed by atoms with van der Waals surface area (Å²) in [5, 5.41) is 6.40. The van der Waals surface area contributed by atoms with Gasteiger partial charge in [0.05, 0.1) is 0 Å². The number of benzene rings is 2. The maximum absolute atomic E-state index is 13.4. The smallest absolute Gasteiger partial charge is 0.319 e. The van der Waals surface area contributed by atoms with Gasteiger partial charge in [0.15, 0.2) is 0 Å². The molecule has 1 aliphatic carbocycles. The molecule has 0 spiro atoms. The second-order valence-electron chi connectivity index (χ2n) is 8.07. The highest BCUT2D eigenvalue weighted by Crippen LogP contribution is 2.41. The van der Waals surface area contributed by atoms with Crippen molar-refractivity contribution in [3.8, 4) is 0 Å². The summed E-state index contributed by atoms with van der Waals surface area (Å²) in [6, 6.07) is 12.8. The topological polar surface area (TPSA) is 61.4 Å². The van der Waals surface area contributed by atoms with E-state index in [0.29, 0.717) is 23.6 Å². The maximum Gasteiger partial charge on any atom is 0.319 e. The Morgan fingerprint density at radius 2 is 1.63 bits per heavy atom. The van der Waals surface area contributed by atoms with Crippen LogP contribution in [0.1, 0.15) is 37.2 Å². The van der Waals surface area contributed by atoms with Crippen molar-refractivity contribution in [3.05, 3.63) is 64.9 Å². The number of urea groups is 1. The zero-order valence-electron chi connectivity index (χ0n) is 16.6. The largest absolute Gasteiger partial charge is 0.342 e. The van der Waals surface area contributed by atoms with Gasteiger partial charge >= 0.3 is 6.03 Å². The molecule has 1 saturated heterocycles. The highest BCUT2D eigenvalue weighted by Gasteiger charge is 2.42. The average molecular weight is 430 g/mol. The summed E-state index contributed by atoms with van der Waals surface area (Å²) in [5.41, 5.74) is 1.59. The number of anilines is 1. The maximum atomic E-state index is 13.4. The Morgan fingerprint density at radius 3 is 2.30 bits per heavy atom. The Labute approximate surface area is 180 Å². The van der Waals surface area contributed by atoms with Gasteiger partial charge in [-0.1, -0.05) is 23.7 Å². The van der Waals surface area contributed by atoms with E-state index in [1.807, 2.05) is 4.90 Å². The number of hydrogen-bond acceptors (Lipinski definition) is 2. The van der Waals surface area contributed by atoms with Crippen LogP contribution in [0.15, 0.2) is 48.5 Å². The van der Waals surface area contributed by atoms with Crippen LogP contribution in [-0.2, 0) is 4.79 Å². The number of carbonyl (C=O) groups is 2. The van der Waals surface area contributed by atoms with Gasteiger partial charge < -0.3 is 15.5 Å². The molecule has 2 fully saturated rings. The number of nitrogens with one attached hydrogen (secondary N) is 2. The average Bonchev–Trinajstić information content (AvgIpc) is 3.40. The van der Waals surface area contributed by atoms with Crippen molar-refractivity contribution in [1.29, 1.82) is 0 Å². The van der Waals surface area contributed by atoms with Crippen molar-refractivity contribution >= 4 is 29.2 Å². The van der Waals surface area contributed by atoms with Crippen LogP contribution < -0.4 is 10.6 Å². The number of nitrogens with zero attached hydrogens (tertiary/aromatic N) is 1. The number of rotatable bonds is 4. The van der Waals surface area contributed by atoms with E-state index < -0.39 is 0 Å². The van der Waals surface area contributed by atoms with Crippen LogP contribution in [0.4, 0.5) is 14.9 Å². The fraction of sp³-hybridized carbons (Fsp3) is 0.391. The van der Waals surface area contributed by atoms with Gasteiger partial charge in [0, 0.05) is 35.8 Å². The van der Waals surface area contributed by atoms with Gasteiger partial charge in [0.1, 0.15) is 5.82 Å². The molecule has 0 aromatic heterocycles. The Hall–Kier alpha value is -2.60. The molecule has 5 nitrogen and oxygen atoms in total. The van der Waals surface area contributed by atoms with Crippen LogP contribution >= 0.6 is 11.6 Å². The summed E-state index contributed by atoms with van der Waals surface area (Å²) in [7, 11) is 0. The minimum Gasteiger partial charge on any atom is -0.342 e. The van der Waals surface area contributed by atoms with Crippen LogP contribution in [0.5, 0.6) is 0 Å². The highest BCUT2D eigenvalue weighted by atomic mass is 35.5. The first kappa shape index (κ1) is 20.7. The molecule has 0 bridgehead atoms. The van der Waals surface area contributed by atoms with Crippen molar-refractivity contribution < 1.29 is 14.0 Å². The lowest BCUT2D eigenvalue weighted by Crippen LogP contribution is -2.38. The lowest BCUT2D eigenvalue weighted by atomic mass is 9.88. The van der Waals surface area contributed by atoms with E-state index in [-0.39, 0.29) is 35.6 Å². The third kappa shape index (κ3) is 4.75. The lowest BCUT2D eigenvalue weighted by Gasteiger charge is -2.24. The SMILES string of the molecule is O=C(Nc1ccc(Cl)cc1)N[C@@H]1C[C@H](C(=O)N2CCCC2)[C@@H](c2ccc(F)cc2)C1. The lowest BCUT2D eigenvalue weighted by molar-refractivity contribution is -0.134. The molecule has 30 heavy (non-hydrogen) atoms. The van der Waals surface area contributed by atoms with E-state index in [1.165, 1.54) is 12.1 Å². The van der Waals surface area contributed by atoms with Gasteiger partial charge in [0.25, 0.3) is 0 Å². The molecule has 0 radical (unpaired) electrons. The zero-order valence-corrected chi connectivity index (χ0v) is 17.4. The van der Waals surface area contributed by atoms with Gasteiger partial charge in [-0.3, -0.25) is 4.79 Å². The van der Waals surface area contributed by atoms with Gasteiger partial charge in [0.2, 0.25) is 5.91 Å². The Balaban J connectivity index is 1.46. The van der Waals surface area contributed by atoms with E-state index in [4.69, 9.17) is 11.6 Å². The fourth-order valence-electron chi connectivity index (χ4n) is 4.56. The van der Waals surface area contributed by atoms with Crippen LogP contribution in [-0.4, -0.2) is 36.0 Å². The molecule has 3 amide bonds. The molecule has 3 atom stereocenters. The first-order chi connectivity index (χ1) is 14.5. The molecule has 1 saturated carbocycles. The molecule has 158 valence electrons. The molecular formula is C23H25ClFN3O2. The third-order valence-corrected chi connectivity index (χ3v) is 6.28. The molecule has 1 heterocycles. The van der Waals surface area contributed by atoms with Gasteiger partial charge in [-0.05, 0) is 73.6 Å². The third-order valence-electron chi connectivity index (χ3n) is 6.03. The van der Waals surface area contributed by atoms with Crippen LogP contribution in [0, 0.1) is 11.7 Å². The normalized spacial score (nSPS) is 23.4. The van der Waals surface area contributed by atoms with Gasteiger partial charge in [-0.2, -0.15) is 0 Å². The minimum atomic E-state index is -0.311. The Kier molecular flexibility index (Phi) is 6.23. The number of halogens is 2. The number of hydrogen-bond donors (Lipinski definition) is 2. The minimum absolute atomic E-state index is 0.0421. The molecule has 0 unspecified atom stereocenters. The summed E-state index contributed by atoms with van der Waals surface area (Å²) in [6.45, 7) is 1.58. The number of amides is 3. The summed E-state index contributed by atoms with van der Waals surface area (Å²) in [6.07, 6.45) is 3.28. The summed E-state index contributed by atoms with van der Waals surface area (Å²) in [4.78, 5) is 27.6. The number of likely N-dealkylation sites (tertiary alicyclic amines) is 1. The van der Waals surface area contributed by atoms with E-state index in [2.05, 4.69) is 10.6 Å². The quantitative estimate of drug-likeness (QED) is 0.734. The molecule has 2 aromatic rings. The predicted octanol–water partition coefficient (Wildman–Crippen LogP) is 4.79. The van der Waals surface area contributed by atoms with E-state index in [9.17, 15) is 14.0 Å². The second-order valence-corrected chi connectivity index (χ2v) is 8.51. The van der Waals surface area contributed by atoms with Gasteiger partial charge in [-0.25, -0.2) is 9.18 Å². The summed E-state index contributed by atoms with van der Waals surface area (Å²) >= 11 is 5.88. The molecule has 2 aliphatic rings. The highest BCUT2D eigenvalue weighted by molar-refractivity contribution is 6.30. The van der Waals surface area contributed by atoms with Crippen molar-refractivity contribution in [2.75, 3.05) is 18.4 Å². The standard InChI is InChI=1S/C23H25ClFN3O2/c24-16-5-9-18(10-6-16)26-23(30)27-19-13-20(15-3-7-17(25)8-4-15)21(14-19)22(29)28-11-1-2-12-28/h3-10,19-21H,1-2,11-14H2,(H2,26,27,30)/t19-,20+,21-/m0/s1. The Morgan fingerprint density at radius 1 is 0.967 bits per heavy atom. The van der Waals surface area contributed by atoms with E-state index in [0.717, 1.165) is 31.5 Å². The van der Waals surface area contributed by atoms with Crippen molar-refractivity contribution in [3.63, 3.8) is 0 Å². The Bertz CT molecular complexity index is 898. The summed E-state index contributed by atoms with van der Waals surface area (Å²) < 4.78 is 13.4. The second kappa shape index (κ2) is 9.04. The molecule has 4 rings (SSSR count). The van der Waals surface area contributed by atoms with Crippen molar-refractivity contribution in [2.45, 2.75) is 37.6 Å². The summed E-state index contributed by atoms with van der Waals surface area (Å²) in [5.74, 6) is -0.408. The van der Waals surface area contributed by atoms with Crippen LogP contribution in [0.25, 0.3) is 0 Å². The molecule has 2 aromatic carbocycles. The van der Waals surface area contributed by atoms with Crippen LogP contribution in [0.3, 0.4) is 0 Å². The molecule has 1 aliphatic heterocycles. The molecular weight excluding hydrogens is 405 g/mol. The number of carbonyl (C=O) groups excluding carboxylic acids is 2. The van der Waals surface area contributed by atoms with Gasteiger partial charge in [-0.15, -0.1) is 0 Å². The van der Waals surface area contributed by atoms with Crippen molar-refractivity contribution in [2.24, 2.45) is 5.92 Å². The first-order valence-corrected chi connectivity index (χ1v) is 10.7. The van der Waals surface area contributed by atoms with E-state index >= 15 is 0 Å². The zero-order chi connectivity index (χ0) is 21.1. The predicted molar refractivity (Wildman–Crippen MR) is 115 cm³/mol. The van der Waals surface area contributed by atoms with Crippen molar-refractivity contribution in [1.82, 2.24) is 10.2 Å². The molecule has 7 heteroatoms. The fourth-order valence-corrected chi connectivity index (χ4v) is 4.69. The van der Waals surface area contributed by atoms with Crippen LogP contribution in [0.2, 0.25) is 5.02 Å². The molecule has 2 N–H and O–H groups in total. The monoisotopic (exact) mass is 429 g/mol. The van der Waals surface area contributed by atoms with E-state index in [1.54, 1.807) is 36.4 Å².